The van der Waals surface area contributed by atoms with E-state index in [0.29, 0.717) is 42.6 Å². The summed E-state index contributed by atoms with van der Waals surface area (Å²) in [4.78, 5) is 42.5. The standard InChI is InChI=1S/C23H30N8O2/c1-5-6-12-30-19-20(27-22(30)28(3)13-11-24)29(4)23(33)31(21(19)32)14-18-25-15(2)16-9-7-8-10-17(16)26-18/h7-10H,5-6,11-14,24H2,1-4H3. The van der Waals surface area contributed by atoms with Gasteiger partial charge in [0.1, 0.15) is 5.82 Å². The Morgan fingerprint density at radius 2 is 1.85 bits per heavy atom. The van der Waals surface area contributed by atoms with Crippen molar-refractivity contribution in [1.82, 2.24) is 28.7 Å². The molecule has 4 aromatic rings. The van der Waals surface area contributed by atoms with Gasteiger partial charge in [0.2, 0.25) is 5.95 Å². The second-order valence-electron chi connectivity index (χ2n) is 8.27. The number of imidazole rings is 1. The Kier molecular flexibility index (Phi) is 6.28. The van der Waals surface area contributed by atoms with Gasteiger partial charge in [-0.1, -0.05) is 31.5 Å². The van der Waals surface area contributed by atoms with Crippen LogP contribution in [0.5, 0.6) is 0 Å². The molecular weight excluding hydrogens is 420 g/mol. The molecule has 0 spiro atoms. The lowest BCUT2D eigenvalue weighted by molar-refractivity contribution is 0.615. The molecule has 0 aliphatic heterocycles. The topological polar surface area (TPSA) is 117 Å². The SMILES string of the molecule is CCCCn1c(N(C)CCN)nc2c1c(=O)n(Cc1nc(C)c3ccccc3n1)c(=O)n2C. The fraction of sp³-hybridized carbons (Fsp3) is 0.435. The molecule has 33 heavy (non-hydrogen) atoms. The first-order valence-electron chi connectivity index (χ1n) is 11.2. The predicted molar refractivity (Wildman–Crippen MR) is 130 cm³/mol. The van der Waals surface area contributed by atoms with Gasteiger partial charge >= 0.3 is 5.69 Å². The summed E-state index contributed by atoms with van der Waals surface area (Å²) in [6.07, 6.45) is 1.84. The van der Waals surface area contributed by atoms with Crippen LogP contribution in [0, 0.1) is 6.92 Å². The van der Waals surface area contributed by atoms with Crippen LogP contribution in [0.2, 0.25) is 0 Å². The minimum atomic E-state index is -0.449. The van der Waals surface area contributed by atoms with Gasteiger partial charge in [-0.05, 0) is 19.4 Å². The van der Waals surface area contributed by atoms with Crippen LogP contribution in [0.25, 0.3) is 22.1 Å². The summed E-state index contributed by atoms with van der Waals surface area (Å²) in [7, 11) is 3.52. The normalized spacial score (nSPS) is 11.5. The number of nitrogens with zero attached hydrogens (tertiary/aromatic N) is 7. The van der Waals surface area contributed by atoms with E-state index in [9.17, 15) is 9.59 Å². The van der Waals surface area contributed by atoms with Gasteiger partial charge in [0.25, 0.3) is 5.56 Å². The summed E-state index contributed by atoms with van der Waals surface area (Å²) in [5.41, 5.74) is 7.26. The maximum Gasteiger partial charge on any atom is 0.332 e. The number of nitrogens with two attached hydrogens (primary N) is 1. The third-order valence-electron chi connectivity index (χ3n) is 5.89. The lowest BCUT2D eigenvalue weighted by Crippen LogP contribution is -2.40. The quantitative estimate of drug-likeness (QED) is 0.431. The lowest BCUT2D eigenvalue weighted by Gasteiger charge is -2.18. The van der Waals surface area contributed by atoms with Crippen molar-refractivity contribution in [2.75, 3.05) is 25.0 Å². The highest BCUT2D eigenvalue weighted by Gasteiger charge is 2.22. The lowest BCUT2D eigenvalue weighted by atomic mass is 10.2. The molecule has 0 aliphatic rings. The molecule has 0 fully saturated rings. The molecule has 0 amide bonds. The van der Waals surface area contributed by atoms with Crippen LogP contribution >= 0.6 is 0 Å². The van der Waals surface area contributed by atoms with Crippen molar-refractivity contribution in [2.24, 2.45) is 12.8 Å². The van der Waals surface area contributed by atoms with Gasteiger partial charge in [0.15, 0.2) is 11.2 Å². The number of rotatable bonds is 8. The molecule has 0 bridgehead atoms. The summed E-state index contributed by atoms with van der Waals surface area (Å²) in [5, 5.41) is 0.946. The molecule has 3 heterocycles. The van der Waals surface area contributed by atoms with Crippen LogP contribution in [0.1, 0.15) is 31.3 Å². The van der Waals surface area contributed by atoms with Gasteiger partial charge in [-0.3, -0.25) is 13.9 Å². The van der Waals surface area contributed by atoms with Crippen molar-refractivity contribution in [2.45, 2.75) is 39.8 Å². The van der Waals surface area contributed by atoms with E-state index in [1.807, 2.05) is 47.7 Å². The monoisotopic (exact) mass is 450 g/mol. The molecule has 2 N–H and O–H groups in total. The van der Waals surface area contributed by atoms with Gasteiger partial charge in [0, 0.05) is 44.8 Å². The molecule has 0 radical (unpaired) electrons. The van der Waals surface area contributed by atoms with Crippen LogP contribution in [-0.2, 0) is 20.1 Å². The molecule has 4 rings (SSSR count). The average Bonchev–Trinajstić information content (AvgIpc) is 3.19. The van der Waals surface area contributed by atoms with Crippen LogP contribution in [0.4, 0.5) is 5.95 Å². The molecule has 1 aromatic carbocycles. The Labute approximate surface area is 191 Å². The number of fused-ring (bicyclic) bond motifs is 2. The summed E-state index contributed by atoms with van der Waals surface area (Å²) >= 11 is 0. The largest absolute Gasteiger partial charge is 0.344 e. The van der Waals surface area contributed by atoms with Crippen molar-refractivity contribution in [3.8, 4) is 0 Å². The zero-order chi connectivity index (χ0) is 23.7. The molecule has 0 saturated carbocycles. The maximum atomic E-state index is 13.6. The Balaban J connectivity index is 1.91. The van der Waals surface area contributed by atoms with E-state index in [1.54, 1.807) is 7.05 Å². The summed E-state index contributed by atoms with van der Waals surface area (Å²) in [5.74, 6) is 1.05. The highest BCUT2D eigenvalue weighted by molar-refractivity contribution is 5.80. The maximum absolute atomic E-state index is 13.6. The number of anilines is 1. The van der Waals surface area contributed by atoms with Gasteiger partial charge in [-0.25, -0.2) is 14.8 Å². The van der Waals surface area contributed by atoms with Crippen molar-refractivity contribution in [1.29, 1.82) is 0 Å². The second-order valence-corrected chi connectivity index (χ2v) is 8.27. The summed E-state index contributed by atoms with van der Waals surface area (Å²) < 4.78 is 4.52. The molecule has 0 aliphatic carbocycles. The average molecular weight is 451 g/mol. The first-order chi connectivity index (χ1) is 15.9. The van der Waals surface area contributed by atoms with Crippen LogP contribution in [-0.4, -0.2) is 48.8 Å². The number of hydrogen-bond acceptors (Lipinski definition) is 7. The number of likely N-dealkylation sites (N-methyl/N-ethyl adjacent to an activating group) is 1. The number of aromatic nitrogens is 6. The zero-order valence-corrected chi connectivity index (χ0v) is 19.6. The van der Waals surface area contributed by atoms with E-state index < -0.39 is 11.2 Å². The molecule has 10 heteroatoms. The second kappa shape index (κ2) is 9.14. The fourth-order valence-electron chi connectivity index (χ4n) is 4.12. The minimum Gasteiger partial charge on any atom is -0.344 e. The Bertz CT molecular complexity index is 1430. The van der Waals surface area contributed by atoms with Gasteiger partial charge in [0.05, 0.1) is 12.1 Å². The molecule has 174 valence electrons. The number of aryl methyl sites for hydroxylation is 3. The molecule has 10 nitrogen and oxygen atoms in total. The Hall–Kier alpha value is -3.53. The van der Waals surface area contributed by atoms with E-state index in [1.165, 1.54) is 9.13 Å². The van der Waals surface area contributed by atoms with Crippen molar-refractivity contribution < 1.29 is 0 Å². The van der Waals surface area contributed by atoms with Crippen molar-refractivity contribution in [3.63, 3.8) is 0 Å². The number of unbranched alkanes of at least 4 members (excludes halogenated alkanes) is 1. The zero-order valence-electron chi connectivity index (χ0n) is 19.6. The molecule has 3 aromatic heterocycles. The van der Waals surface area contributed by atoms with E-state index in [-0.39, 0.29) is 6.54 Å². The predicted octanol–water partition coefficient (Wildman–Crippen LogP) is 1.39. The van der Waals surface area contributed by atoms with Crippen molar-refractivity contribution >= 4 is 28.0 Å². The number of para-hydroxylation sites is 1. The van der Waals surface area contributed by atoms with E-state index in [4.69, 9.17) is 5.73 Å². The first-order valence-corrected chi connectivity index (χ1v) is 11.2. The number of benzene rings is 1. The van der Waals surface area contributed by atoms with E-state index in [2.05, 4.69) is 21.9 Å². The molecular formula is C23H30N8O2. The third-order valence-corrected chi connectivity index (χ3v) is 5.89. The molecule has 0 saturated heterocycles. The molecule has 0 unspecified atom stereocenters. The third kappa shape index (κ3) is 4.02. The highest BCUT2D eigenvalue weighted by Crippen LogP contribution is 2.20. The van der Waals surface area contributed by atoms with E-state index >= 15 is 0 Å². The van der Waals surface area contributed by atoms with Crippen LogP contribution in [0.3, 0.4) is 0 Å². The van der Waals surface area contributed by atoms with Gasteiger partial charge in [-0.2, -0.15) is 4.98 Å². The minimum absolute atomic E-state index is 0.0138. The molecule has 0 atom stereocenters. The van der Waals surface area contributed by atoms with Gasteiger partial charge in [-0.15, -0.1) is 0 Å². The number of hydrogen-bond donors (Lipinski definition) is 1. The van der Waals surface area contributed by atoms with Crippen LogP contribution in [0.15, 0.2) is 33.9 Å². The van der Waals surface area contributed by atoms with Crippen LogP contribution < -0.4 is 21.9 Å². The highest BCUT2D eigenvalue weighted by atomic mass is 16.2. The van der Waals surface area contributed by atoms with Crippen molar-refractivity contribution in [3.05, 3.63) is 56.6 Å². The van der Waals surface area contributed by atoms with E-state index in [0.717, 1.165) is 29.4 Å². The first kappa shape index (κ1) is 22.7. The van der Waals surface area contributed by atoms with Gasteiger partial charge < -0.3 is 15.2 Å². The Morgan fingerprint density at radius 3 is 2.58 bits per heavy atom. The summed E-state index contributed by atoms with van der Waals surface area (Å²) in [6.45, 7) is 5.64. The summed E-state index contributed by atoms with van der Waals surface area (Å²) in [6, 6.07) is 7.69. The Morgan fingerprint density at radius 1 is 1.09 bits per heavy atom. The smallest absolute Gasteiger partial charge is 0.332 e. The fourth-order valence-corrected chi connectivity index (χ4v) is 4.12.